The molecule has 0 aliphatic heterocycles. The average molecular weight is 331 g/mol. The standard InChI is InChI=1S/C19H29N3O2/c1-12(2)22(13(3)4)17(23)16-9-7-6-8-15(16)14(5)21-18(24)19(20)10-11-19/h6-9,12-14H,10-11,20H2,1-5H3,(H,21,24)/t14-/m1/s1. The van der Waals surface area contributed by atoms with Crippen molar-refractivity contribution in [3.05, 3.63) is 35.4 Å². The molecule has 2 rings (SSSR count). The van der Waals surface area contributed by atoms with Crippen molar-refractivity contribution in [1.29, 1.82) is 0 Å². The van der Waals surface area contributed by atoms with Gasteiger partial charge in [-0.05, 0) is 59.1 Å². The molecule has 0 unspecified atom stereocenters. The van der Waals surface area contributed by atoms with Gasteiger partial charge < -0.3 is 16.0 Å². The van der Waals surface area contributed by atoms with Crippen LogP contribution in [0.3, 0.4) is 0 Å². The Bertz CT molecular complexity index is 613. The van der Waals surface area contributed by atoms with E-state index in [0.29, 0.717) is 5.56 Å². The fourth-order valence-corrected chi connectivity index (χ4v) is 3.05. The second kappa shape index (κ2) is 6.93. The summed E-state index contributed by atoms with van der Waals surface area (Å²) >= 11 is 0. The van der Waals surface area contributed by atoms with Crippen molar-refractivity contribution in [3.63, 3.8) is 0 Å². The Balaban J connectivity index is 2.26. The van der Waals surface area contributed by atoms with Crippen LogP contribution >= 0.6 is 0 Å². The smallest absolute Gasteiger partial charge is 0.254 e. The zero-order valence-corrected chi connectivity index (χ0v) is 15.3. The monoisotopic (exact) mass is 331 g/mol. The third kappa shape index (κ3) is 3.78. The zero-order chi connectivity index (χ0) is 18.1. The van der Waals surface area contributed by atoms with Crippen LogP contribution in [0.2, 0.25) is 0 Å². The Morgan fingerprint density at radius 3 is 2.12 bits per heavy atom. The molecule has 1 atom stereocenters. The van der Waals surface area contributed by atoms with E-state index in [1.54, 1.807) is 0 Å². The summed E-state index contributed by atoms with van der Waals surface area (Å²) in [6.45, 7) is 9.94. The first-order chi connectivity index (χ1) is 11.2. The van der Waals surface area contributed by atoms with Crippen molar-refractivity contribution in [2.45, 2.75) is 71.1 Å². The van der Waals surface area contributed by atoms with E-state index in [-0.39, 0.29) is 29.9 Å². The number of nitrogens with zero attached hydrogens (tertiary/aromatic N) is 1. The molecule has 0 saturated heterocycles. The van der Waals surface area contributed by atoms with E-state index in [1.807, 2.05) is 63.8 Å². The number of benzene rings is 1. The van der Waals surface area contributed by atoms with Gasteiger partial charge in [0.15, 0.2) is 0 Å². The summed E-state index contributed by atoms with van der Waals surface area (Å²) in [5.74, 6) is -0.146. The molecule has 3 N–H and O–H groups in total. The van der Waals surface area contributed by atoms with Gasteiger partial charge in [-0.25, -0.2) is 0 Å². The van der Waals surface area contributed by atoms with E-state index >= 15 is 0 Å². The van der Waals surface area contributed by atoms with E-state index in [0.717, 1.165) is 18.4 Å². The van der Waals surface area contributed by atoms with Crippen molar-refractivity contribution in [3.8, 4) is 0 Å². The second-order valence-corrected chi connectivity index (χ2v) is 7.34. The van der Waals surface area contributed by atoms with Crippen molar-refractivity contribution in [1.82, 2.24) is 10.2 Å². The largest absolute Gasteiger partial charge is 0.348 e. The maximum atomic E-state index is 13.0. The summed E-state index contributed by atoms with van der Waals surface area (Å²) in [6.07, 6.45) is 1.45. The lowest BCUT2D eigenvalue weighted by molar-refractivity contribution is -0.123. The van der Waals surface area contributed by atoms with Gasteiger partial charge in [0.05, 0.1) is 11.6 Å². The minimum Gasteiger partial charge on any atom is -0.348 e. The molecule has 1 saturated carbocycles. The fourth-order valence-electron chi connectivity index (χ4n) is 3.05. The fraction of sp³-hybridized carbons (Fsp3) is 0.579. The quantitative estimate of drug-likeness (QED) is 0.841. The summed E-state index contributed by atoms with van der Waals surface area (Å²) in [4.78, 5) is 27.1. The molecular formula is C19H29N3O2. The van der Waals surface area contributed by atoms with Gasteiger partial charge in [0, 0.05) is 17.6 Å². The van der Waals surface area contributed by atoms with Crippen LogP contribution in [0.15, 0.2) is 24.3 Å². The number of hydrogen-bond acceptors (Lipinski definition) is 3. The maximum absolute atomic E-state index is 13.0. The second-order valence-electron chi connectivity index (χ2n) is 7.34. The molecule has 1 fully saturated rings. The van der Waals surface area contributed by atoms with Crippen molar-refractivity contribution in [2.75, 3.05) is 0 Å². The van der Waals surface area contributed by atoms with Gasteiger partial charge in [0.1, 0.15) is 0 Å². The highest BCUT2D eigenvalue weighted by atomic mass is 16.2. The summed E-state index contributed by atoms with van der Waals surface area (Å²) in [5.41, 5.74) is 6.70. The Kier molecular flexibility index (Phi) is 5.33. The lowest BCUT2D eigenvalue weighted by atomic mass is 9.99. The first-order valence-corrected chi connectivity index (χ1v) is 8.69. The third-order valence-electron chi connectivity index (χ3n) is 4.59. The van der Waals surface area contributed by atoms with Crippen LogP contribution in [0.5, 0.6) is 0 Å². The lowest BCUT2D eigenvalue weighted by Crippen LogP contribution is -2.45. The lowest BCUT2D eigenvalue weighted by Gasteiger charge is -2.32. The van der Waals surface area contributed by atoms with Gasteiger partial charge in [-0.3, -0.25) is 9.59 Å². The summed E-state index contributed by atoms with van der Waals surface area (Å²) in [5, 5.41) is 2.96. The van der Waals surface area contributed by atoms with Gasteiger partial charge in [-0.2, -0.15) is 0 Å². The van der Waals surface area contributed by atoms with Crippen LogP contribution in [0, 0.1) is 0 Å². The maximum Gasteiger partial charge on any atom is 0.254 e. The van der Waals surface area contributed by atoms with E-state index in [4.69, 9.17) is 5.73 Å². The Morgan fingerprint density at radius 1 is 1.08 bits per heavy atom. The van der Waals surface area contributed by atoms with Crippen LogP contribution in [-0.4, -0.2) is 34.3 Å². The number of carbonyl (C=O) groups is 2. The van der Waals surface area contributed by atoms with Crippen molar-refractivity contribution in [2.24, 2.45) is 5.73 Å². The Morgan fingerprint density at radius 2 is 1.62 bits per heavy atom. The minimum atomic E-state index is -0.713. The van der Waals surface area contributed by atoms with E-state index in [2.05, 4.69) is 5.32 Å². The summed E-state index contributed by atoms with van der Waals surface area (Å²) < 4.78 is 0. The molecule has 1 aliphatic carbocycles. The zero-order valence-electron chi connectivity index (χ0n) is 15.3. The predicted molar refractivity (Wildman–Crippen MR) is 95.6 cm³/mol. The van der Waals surface area contributed by atoms with Crippen LogP contribution < -0.4 is 11.1 Å². The van der Waals surface area contributed by atoms with Crippen LogP contribution in [0.4, 0.5) is 0 Å². The average Bonchev–Trinajstić information content (AvgIpc) is 3.25. The number of amides is 2. The molecule has 1 aromatic rings. The molecule has 1 aromatic carbocycles. The Labute approximate surface area is 144 Å². The molecule has 0 spiro atoms. The number of nitrogens with two attached hydrogens (primary N) is 1. The van der Waals surface area contributed by atoms with Crippen LogP contribution in [0.25, 0.3) is 0 Å². The molecular weight excluding hydrogens is 302 g/mol. The normalized spacial score (nSPS) is 16.8. The first kappa shape index (κ1) is 18.5. The SMILES string of the molecule is CC(C)N(C(=O)c1ccccc1[C@@H](C)NC(=O)C1(N)CC1)C(C)C. The highest BCUT2D eigenvalue weighted by molar-refractivity contribution is 5.96. The molecule has 2 amide bonds. The van der Waals surface area contributed by atoms with Crippen molar-refractivity contribution >= 4 is 11.8 Å². The molecule has 0 bridgehead atoms. The highest BCUT2D eigenvalue weighted by Crippen LogP contribution is 2.33. The van der Waals surface area contributed by atoms with Crippen molar-refractivity contribution < 1.29 is 9.59 Å². The van der Waals surface area contributed by atoms with E-state index in [9.17, 15) is 9.59 Å². The third-order valence-corrected chi connectivity index (χ3v) is 4.59. The molecule has 5 nitrogen and oxygen atoms in total. The molecule has 1 aliphatic rings. The van der Waals surface area contributed by atoms with Gasteiger partial charge in [-0.15, -0.1) is 0 Å². The molecule has 0 aromatic heterocycles. The highest BCUT2D eigenvalue weighted by Gasteiger charge is 2.46. The minimum absolute atomic E-state index is 0.00872. The first-order valence-electron chi connectivity index (χ1n) is 8.69. The molecule has 24 heavy (non-hydrogen) atoms. The number of nitrogens with one attached hydrogen (secondary N) is 1. The number of rotatable bonds is 6. The topological polar surface area (TPSA) is 75.4 Å². The summed E-state index contributed by atoms with van der Waals surface area (Å²) in [7, 11) is 0. The Hall–Kier alpha value is -1.88. The van der Waals surface area contributed by atoms with Crippen LogP contribution in [-0.2, 0) is 4.79 Å². The van der Waals surface area contributed by atoms with E-state index in [1.165, 1.54) is 0 Å². The molecule has 0 radical (unpaired) electrons. The van der Waals surface area contributed by atoms with Gasteiger partial charge in [-0.1, -0.05) is 18.2 Å². The molecule has 5 heteroatoms. The number of carbonyl (C=O) groups excluding carboxylic acids is 2. The van der Waals surface area contributed by atoms with Gasteiger partial charge in [0.25, 0.3) is 5.91 Å². The van der Waals surface area contributed by atoms with Crippen LogP contribution in [0.1, 0.15) is 69.4 Å². The molecule has 0 heterocycles. The summed E-state index contributed by atoms with van der Waals surface area (Å²) in [6, 6.07) is 7.41. The number of hydrogen-bond donors (Lipinski definition) is 2. The predicted octanol–water partition coefficient (Wildman–Crippen LogP) is 2.61. The van der Waals surface area contributed by atoms with E-state index < -0.39 is 5.54 Å². The van der Waals surface area contributed by atoms with Gasteiger partial charge in [0.2, 0.25) is 5.91 Å². The molecule has 132 valence electrons. The van der Waals surface area contributed by atoms with Gasteiger partial charge >= 0.3 is 0 Å².